The molecule has 0 atom stereocenters. The van der Waals surface area contributed by atoms with E-state index in [-0.39, 0.29) is 54.9 Å². The summed E-state index contributed by atoms with van der Waals surface area (Å²) in [6.45, 7) is 32.0. The van der Waals surface area contributed by atoms with E-state index in [1.807, 2.05) is 91.0 Å². The molecule has 20 aromatic rings. The van der Waals surface area contributed by atoms with Gasteiger partial charge in [-0.3, -0.25) is 0 Å². The van der Waals surface area contributed by atoms with E-state index in [4.69, 9.17) is 17.7 Å². The molecule has 22 rings (SSSR count). The third-order valence-electron chi connectivity index (χ3n) is 25.9. The van der Waals surface area contributed by atoms with E-state index in [0.717, 1.165) is 116 Å². The standard InChI is InChI=1S/C119H103BN8/c1-115(2,3)80-50-59-102-92(64-80)93-65-81(116(4,5)6)51-60-103(93)125(102)86-55-57-98-107(71-86)128(111-91(76-39-25-18-26-40-76)68-84(119(13,14)15)69-96(111)114-122-112(77-41-27-19-28-42-77)121-113(123-114)78-43-29-20-30-44-78)109-73-87(126-104-61-52-82(117(7,8)9)66-94(104)95-67-83(118(10,11)12)53-62-105(95)126)72-108-110(109)120(98)97-56-54-85(124-99-47-33-31-45-88(99)89-46-32-34-48-100(89)124)70-106(97)127(108)101-58-49-79(74-35-21-16-22-36-74)63-90(101)75-37-23-17-24-38-75/h16-73H,1-15H3/i19D,20D,27D,28D,29D,30D,31D,32D,33D,34D,41D,42D,43D,44D,45D,46D,47D,48D. The number of rotatable bonds is 11. The van der Waals surface area contributed by atoms with Gasteiger partial charge in [0.05, 0.1) is 74.8 Å². The number of nitrogens with zero attached hydrogens (tertiary/aromatic N) is 8. The zero-order valence-corrected chi connectivity index (χ0v) is 74.2. The first-order chi connectivity index (χ1) is 69.1. The SMILES string of the molecule is [2H]c1c([2H])c([2H])c(-c2nc(-c3cc(C(C)(C)C)cc(-c4ccccc4)c3N3c4cc(-n5c6ccc(C(C)(C)C)cc6c6cc(C(C)(C)C)ccc65)ccc4B4c5ccc(-n6c7c([2H])c([2H])c([2H])c([2H])c7c7c([2H])c([2H])c([2H])c([2H])c76)cc5N(c5ccc(-c6ccccc6)cc5-c5ccccc5)c5cc(-n6c7ccc(C(C)(C)C)cc7c7cc(C(C)(C)C)ccc76)cc3c54)nc(-c3c([2H])c([2H])c([2H])c([2H])c3[2H])n2)c([2H])c1[2H]. The molecule has 0 bridgehead atoms. The Kier molecular flexibility index (Phi) is 14.3. The lowest BCUT2D eigenvalue weighted by atomic mass is 9.33. The van der Waals surface area contributed by atoms with Gasteiger partial charge >= 0.3 is 0 Å². The van der Waals surface area contributed by atoms with E-state index in [1.54, 1.807) is 4.57 Å². The van der Waals surface area contributed by atoms with E-state index in [9.17, 15) is 21.9 Å². The van der Waals surface area contributed by atoms with E-state index in [1.165, 1.54) is 0 Å². The molecule has 0 amide bonds. The highest BCUT2D eigenvalue weighted by Gasteiger charge is 2.47. The van der Waals surface area contributed by atoms with Gasteiger partial charge in [0.2, 0.25) is 0 Å². The first kappa shape index (κ1) is 61.8. The minimum Gasteiger partial charge on any atom is -0.311 e. The third-order valence-corrected chi connectivity index (χ3v) is 25.9. The quantitative estimate of drug-likeness (QED) is 0.121. The molecule has 0 unspecified atom stereocenters. The van der Waals surface area contributed by atoms with Crippen LogP contribution in [0, 0.1) is 0 Å². The van der Waals surface area contributed by atoms with Gasteiger partial charge in [0.1, 0.15) is 0 Å². The third kappa shape index (κ3) is 13.3. The van der Waals surface area contributed by atoms with Crippen molar-refractivity contribution >= 4 is 123 Å². The normalized spacial score (nSPS) is 15.0. The lowest BCUT2D eigenvalue weighted by molar-refractivity contribution is 0.590. The fraction of sp³-hybridized carbons (Fsp3) is 0.168. The fourth-order valence-corrected chi connectivity index (χ4v) is 19.2. The molecule has 622 valence electrons. The summed E-state index contributed by atoms with van der Waals surface area (Å²) in [5, 5.41) is 3.82. The van der Waals surface area contributed by atoms with Crippen LogP contribution in [-0.4, -0.2) is 35.4 Å². The van der Waals surface area contributed by atoms with Gasteiger partial charge in [0.25, 0.3) is 6.71 Å². The van der Waals surface area contributed by atoms with Gasteiger partial charge in [0, 0.05) is 94.3 Å². The summed E-state index contributed by atoms with van der Waals surface area (Å²) in [5.74, 6) is -1.11. The minimum absolute atomic E-state index is 0.0693. The van der Waals surface area contributed by atoms with Crippen LogP contribution in [-0.2, 0) is 27.1 Å². The fourth-order valence-electron chi connectivity index (χ4n) is 19.2. The Morgan fingerprint density at radius 3 is 1.05 bits per heavy atom. The highest BCUT2D eigenvalue weighted by Crippen LogP contribution is 2.55. The second kappa shape index (κ2) is 29.6. The van der Waals surface area contributed by atoms with Crippen LogP contribution in [0.1, 0.15) is 156 Å². The van der Waals surface area contributed by atoms with E-state index in [2.05, 4.69) is 274 Å². The first-order valence-electron chi connectivity index (χ1n) is 52.8. The monoisotopic (exact) mass is 1670 g/mol. The molecular weight excluding hydrogens is 1550 g/mol. The van der Waals surface area contributed by atoms with Gasteiger partial charge in [-0.05, 0) is 215 Å². The summed E-state index contributed by atoms with van der Waals surface area (Å²) >= 11 is 0. The molecular formula is C119H103BN8. The van der Waals surface area contributed by atoms with Crippen molar-refractivity contribution in [3.63, 3.8) is 0 Å². The Bertz CT molecular complexity index is 8710. The van der Waals surface area contributed by atoms with Crippen LogP contribution in [0.5, 0.6) is 0 Å². The molecule has 0 spiro atoms. The number of anilines is 6. The van der Waals surface area contributed by atoms with Gasteiger partial charge in [0.15, 0.2) is 17.5 Å². The predicted octanol–water partition coefficient (Wildman–Crippen LogP) is 29.7. The molecule has 2 aliphatic rings. The maximum atomic E-state index is 10.1. The molecule has 9 heteroatoms. The summed E-state index contributed by atoms with van der Waals surface area (Å²) < 4.78 is 178. The number of benzene rings is 16. The lowest BCUT2D eigenvalue weighted by Crippen LogP contribution is -2.61. The van der Waals surface area contributed by atoms with Crippen molar-refractivity contribution < 1.29 is 24.7 Å². The van der Waals surface area contributed by atoms with Crippen LogP contribution in [0.25, 0.3) is 150 Å². The van der Waals surface area contributed by atoms with E-state index >= 15 is 0 Å². The van der Waals surface area contributed by atoms with Gasteiger partial charge < -0.3 is 23.5 Å². The van der Waals surface area contributed by atoms with E-state index < -0.39 is 144 Å². The molecule has 0 fully saturated rings. The van der Waals surface area contributed by atoms with Crippen LogP contribution in [0.3, 0.4) is 0 Å². The second-order valence-electron chi connectivity index (χ2n) is 39.2. The molecule has 0 aliphatic carbocycles. The van der Waals surface area contributed by atoms with Gasteiger partial charge in [-0.1, -0.05) is 334 Å². The van der Waals surface area contributed by atoms with Crippen molar-refractivity contribution in [2.45, 2.75) is 131 Å². The van der Waals surface area contributed by atoms with Crippen LogP contribution >= 0.6 is 0 Å². The highest BCUT2D eigenvalue weighted by atomic mass is 15.2. The number of aromatic nitrogens is 6. The molecule has 16 aromatic carbocycles. The molecule has 0 N–H and O–H groups in total. The van der Waals surface area contributed by atoms with Gasteiger partial charge in [-0.25, -0.2) is 15.0 Å². The predicted molar refractivity (Wildman–Crippen MR) is 543 cm³/mol. The lowest BCUT2D eigenvalue weighted by Gasteiger charge is -2.46. The zero-order chi connectivity index (χ0) is 103. The molecule has 0 radical (unpaired) electrons. The van der Waals surface area contributed by atoms with Crippen molar-refractivity contribution in [2.24, 2.45) is 0 Å². The van der Waals surface area contributed by atoms with Crippen molar-refractivity contribution in [2.75, 3.05) is 9.80 Å². The van der Waals surface area contributed by atoms with Crippen molar-refractivity contribution in [3.05, 3.63) is 379 Å². The summed E-state index contributed by atoms with van der Waals surface area (Å²) in [6, 6.07) is 73.7. The zero-order valence-electron chi connectivity index (χ0n) is 92.2. The molecule has 4 aromatic heterocycles. The Hall–Kier alpha value is -14.4. The second-order valence-corrected chi connectivity index (χ2v) is 39.2. The van der Waals surface area contributed by atoms with Crippen molar-refractivity contribution in [3.8, 4) is 84.6 Å². The van der Waals surface area contributed by atoms with Crippen LogP contribution in [0.2, 0.25) is 0 Å². The van der Waals surface area contributed by atoms with Crippen molar-refractivity contribution in [1.82, 2.24) is 28.7 Å². The largest absolute Gasteiger partial charge is 0.311 e. The number of hydrogen-bond acceptors (Lipinski definition) is 5. The van der Waals surface area contributed by atoms with Crippen molar-refractivity contribution in [1.29, 1.82) is 0 Å². The van der Waals surface area contributed by atoms with Gasteiger partial charge in [-0.2, -0.15) is 0 Å². The van der Waals surface area contributed by atoms with Gasteiger partial charge in [-0.15, -0.1) is 0 Å². The van der Waals surface area contributed by atoms with Crippen LogP contribution in [0.4, 0.5) is 34.1 Å². The first-order valence-corrected chi connectivity index (χ1v) is 43.8. The molecule has 6 heterocycles. The summed E-state index contributed by atoms with van der Waals surface area (Å²) in [7, 11) is 0. The minimum atomic E-state index is -0.851. The summed E-state index contributed by atoms with van der Waals surface area (Å²) in [4.78, 5) is 20.5. The molecule has 0 saturated carbocycles. The average molecular weight is 1670 g/mol. The Morgan fingerprint density at radius 2 is 0.609 bits per heavy atom. The van der Waals surface area contributed by atoms with E-state index in [0.29, 0.717) is 56.6 Å². The average Bonchev–Trinajstić information content (AvgIpc) is 1.08. The molecule has 8 nitrogen and oxygen atoms in total. The maximum absolute atomic E-state index is 10.1. The topological polar surface area (TPSA) is 59.9 Å². The van der Waals surface area contributed by atoms with Crippen LogP contribution in [0.15, 0.2) is 351 Å². The van der Waals surface area contributed by atoms with Crippen LogP contribution < -0.4 is 26.2 Å². The molecule has 2 aliphatic heterocycles. The smallest absolute Gasteiger partial charge is 0.252 e. The number of para-hydroxylation sites is 2. The Labute approximate surface area is 776 Å². The summed E-state index contributed by atoms with van der Waals surface area (Å²) in [6.07, 6.45) is 0. The number of hydrogen-bond donors (Lipinski definition) is 0. The Balaban J connectivity index is 0.984. The maximum Gasteiger partial charge on any atom is 0.252 e. The number of fused-ring (bicyclic) bond motifs is 13. The Morgan fingerprint density at radius 1 is 0.242 bits per heavy atom. The molecule has 128 heavy (non-hydrogen) atoms. The summed E-state index contributed by atoms with van der Waals surface area (Å²) in [5.41, 5.74) is 18.1. The molecule has 0 saturated heterocycles. The highest BCUT2D eigenvalue weighted by molar-refractivity contribution is 7.00.